The summed E-state index contributed by atoms with van der Waals surface area (Å²) in [4.78, 5) is 12.0. The van der Waals surface area contributed by atoms with E-state index in [1.165, 1.54) is 0 Å². The van der Waals surface area contributed by atoms with Crippen molar-refractivity contribution in [2.75, 3.05) is 25.5 Å². The van der Waals surface area contributed by atoms with E-state index in [9.17, 15) is 4.79 Å². The molecule has 18 heavy (non-hydrogen) atoms. The molecule has 0 bridgehead atoms. The molecule has 2 N–H and O–H groups in total. The van der Waals surface area contributed by atoms with Crippen molar-refractivity contribution in [3.63, 3.8) is 0 Å². The molecule has 0 aliphatic carbocycles. The van der Waals surface area contributed by atoms with E-state index in [1.807, 2.05) is 6.92 Å². The number of benzene rings is 1. The molecule has 1 aliphatic rings. The Bertz CT molecular complexity index is 506. The minimum Gasteiger partial charge on any atom is -0.495 e. The summed E-state index contributed by atoms with van der Waals surface area (Å²) in [5, 5.41) is 6.46. The van der Waals surface area contributed by atoms with Crippen LogP contribution in [0, 0.1) is 0 Å². The average Bonchev–Trinajstić information content (AvgIpc) is 2.29. The van der Waals surface area contributed by atoms with Crippen LogP contribution in [0.4, 0.5) is 5.69 Å². The lowest BCUT2D eigenvalue weighted by Crippen LogP contribution is -2.36. The van der Waals surface area contributed by atoms with Gasteiger partial charge in [0.25, 0.3) is 5.91 Å². The summed E-state index contributed by atoms with van der Waals surface area (Å²) >= 11 is 5.92. The van der Waals surface area contributed by atoms with Gasteiger partial charge in [0, 0.05) is 30.4 Å². The predicted molar refractivity (Wildman–Crippen MR) is 72.2 cm³/mol. The average molecular weight is 267 g/mol. The van der Waals surface area contributed by atoms with Crippen LogP contribution in [-0.2, 0) is 4.79 Å². The van der Waals surface area contributed by atoms with Gasteiger partial charge in [-0.05, 0) is 24.6 Å². The fraction of sp³-hybridized carbons (Fsp3) is 0.308. The Morgan fingerprint density at radius 3 is 2.72 bits per heavy atom. The Hall–Kier alpha value is -1.52. The molecular weight excluding hydrogens is 252 g/mol. The SMILES string of the molecule is COc1cc(NC(=O)C(C)=C2CNC2)ccc1Cl. The topological polar surface area (TPSA) is 50.4 Å². The minimum atomic E-state index is -0.0872. The van der Waals surface area contributed by atoms with E-state index >= 15 is 0 Å². The molecular formula is C13H15ClN2O2. The zero-order valence-corrected chi connectivity index (χ0v) is 11.1. The highest BCUT2D eigenvalue weighted by atomic mass is 35.5. The molecule has 4 nitrogen and oxygen atoms in total. The molecule has 1 amide bonds. The first-order valence-corrected chi connectivity index (χ1v) is 6.04. The maximum absolute atomic E-state index is 12.0. The molecule has 96 valence electrons. The van der Waals surface area contributed by atoms with E-state index in [2.05, 4.69) is 10.6 Å². The lowest BCUT2D eigenvalue weighted by Gasteiger charge is -2.21. The Balaban J connectivity index is 2.12. The third-order valence-electron chi connectivity index (χ3n) is 2.96. The Labute approximate surface area is 111 Å². The van der Waals surface area contributed by atoms with Gasteiger partial charge in [0.05, 0.1) is 12.1 Å². The highest BCUT2D eigenvalue weighted by Crippen LogP contribution is 2.27. The summed E-state index contributed by atoms with van der Waals surface area (Å²) in [6.07, 6.45) is 0. The molecule has 1 fully saturated rings. The Morgan fingerprint density at radius 2 is 2.17 bits per heavy atom. The van der Waals surface area contributed by atoms with E-state index in [1.54, 1.807) is 25.3 Å². The number of rotatable bonds is 3. The quantitative estimate of drug-likeness (QED) is 0.825. The number of ether oxygens (including phenoxy) is 1. The van der Waals surface area contributed by atoms with Crippen LogP contribution in [-0.4, -0.2) is 26.1 Å². The van der Waals surface area contributed by atoms with Crippen molar-refractivity contribution in [2.45, 2.75) is 6.92 Å². The van der Waals surface area contributed by atoms with Gasteiger partial charge in [-0.2, -0.15) is 0 Å². The van der Waals surface area contributed by atoms with Crippen LogP contribution in [0.25, 0.3) is 0 Å². The van der Waals surface area contributed by atoms with Crippen LogP contribution < -0.4 is 15.4 Å². The summed E-state index contributed by atoms with van der Waals surface area (Å²) in [7, 11) is 1.54. The molecule has 1 aliphatic heterocycles. The first kappa shape index (κ1) is 12.9. The van der Waals surface area contributed by atoms with Gasteiger partial charge >= 0.3 is 0 Å². The third-order valence-corrected chi connectivity index (χ3v) is 3.27. The number of amides is 1. The van der Waals surface area contributed by atoms with Crippen molar-refractivity contribution >= 4 is 23.2 Å². The fourth-order valence-electron chi connectivity index (χ4n) is 1.64. The van der Waals surface area contributed by atoms with Crippen LogP contribution >= 0.6 is 11.6 Å². The molecule has 0 atom stereocenters. The molecule has 0 aromatic heterocycles. The number of carbonyl (C=O) groups excluding carboxylic acids is 1. The van der Waals surface area contributed by atoms with Gasteiger partial charge in [0.1, 0.15) is 5.75 Å². The minimum absolute atomic E-state index is 0.0872. The lowest BCUT2D eigenvalue weighted by atomic mass is 10.0. The molecule has 1 aromatic carbocycles. The van der Waals surface area contributed by atoms with E-state index in [4.69, 9.17) is 16.3 Å². The predicted octanol–water partition coefficient (Wildman–Crippen LogP) is 2.21. The molecule has 1 heterocycles. The van der Waals surface area contributed by atoms with Gasteiger partial charge in [-0.3, -0.25) is 4.79 Å². The number of hydrogen-bond acceptors (Lipinski definition) is 3. The molecule has 0 saturated carbocycles. The van der Waals surface area contributed by atoms with Crippen molar-refractivity contribution in [1.82, 2.24) is 5.32 Å². The normalized spacial score (nSPS) is 13.8. The van der Waals surface area contributed by atoms with E-state index in [-0.39, 0.29) is 5.91 Å². The van der Waals surface area contributed by atoms with E-state index in [0.717, 1.165) is 24.2 Å². The molecule has 1 saturated heterocycles. The number of halogens is 1. The van der Waals surface area contributed by atoms with Gasteiger partial charge in [-0.15, -0.1) is 0 Å². The van der Waals surface area contributed by atoms with E-state index < -0.39 is 0 Å². The lowest BCUT2D eigenvalue weighted by molar-refractivity contribution is -0.112. The first-order valence-electron chi connectivity index (χ1n) is 5.66. The molecule has 0 radical (unpaired) electrons. The summed E-state index contributed by atoms with van der Waals surface area (Å²) in [6, 6.07) is 5.15. The standard InChI is InChI=1S/C13H15ClN2O2/c1-8(9-6-15-7-9)13(17)16-10-3-4-11(14)12(5-10)18-2/h3-5,15H,6-7H2,1-2H3,(H,16,17). The van der Waals surface area contributed by atoms with Crippen molar-refractivity contribution in [2.24, 2.45) is 0 Å². The van der Waals surface area contributed by atoms with Gasteiger partial charge in [-0.1, -0.05) is 11.6 Å². The smallest absolute Gasteiger partial charge is 0.251 e. The van der Waals surface area contributed by atoms with Crippen LogP contribution in [0.3, 0.4) is 0 Å². The zero-order valence-electron chi connectivity index (χ0n) is 10.3. The fourth-order valence-corrected chi connectivity index (χ4v) is 1.83. The zero-order chi connectivity index (χ0) is 13.1. The summed E-state index contributed by atoms with van der Waals surface area (Å²) < 4.78 is 5.10. The third kappa shape index (κ3) is 2.66. The van der Waals surface area contributed by atoms with Crippen molar-refractivity contribution in [3.8, 4) is 5.75 Å². The highest BCUT2D eigenvalue weighted by Gasteiger charge is 2.16. The monoisotopic (exact) mass is 266 g/mol. The van der Waals surface area contributed by atoms with Gasteiger partial charge < -0.3 is 15.4 Å². The number of nitrogens with one attached hydrogen (secondary N) is 2. The molecule has 0 unspecified atom stereocenters. The summed E-state index contributed by atoms with van der Waals surface area (Å²) in [5.74, 6) is 0.459. The molecule has 0 spiro atoms. The van der Waals surface area contributed by atoms with Crippen molar-refractivity contribution < 1.29 is 9.53 Å². The van der Waals surface area contributed by atoms with Crippen molar-refractivity contribution in [3.05, 3.63) is 34.4 Å². The maximum atomic E-state index is 12.0. The molecule has 5 heteroatoms. The highest BCUT2D eigenvalue weighted by molar-refractivity contribution is 6.32. The largest absolute Gasteiger partial charge is 0.495 e. The molecule has 2 rings (SSSR count). The first-order chi connectivity index (χ1) is 8.61. The van der Waals surface area contributed by atoms with Gasteiger partial charge in [0.2, 0.25) is 0 Å². The van der Waals surface area contributed by atoms with Gasteiger partial charge in [0.15, 0.2) is 0 Å². The van der Waals surface area contributed by atoms with Crippen LogP contribution in [0.1, 0.15) is 6.92 Å². The van der Waals surface area contributed by atoms with Crippen LogP contribution in [0.2, 0.25) is 5.02 Å². The second-order valence-electron chi connectivity index (χ2n) is 4.14. The number of carbonyl (C=O) groups is 1. The Morgan fingerprint density at radius 1 is 1.44 bits per heavy atom. The summed E-state index contributed by atoms with van der Waals surface area (Å²) in [5.41, 5.74) is 2.59. The van der Waals surface area contributed by atoms with Crippen molar-refractivity contribution in [1.29, 1.82) is 0 Å². The van der Waals surface area contributed by atoms with Crippen LogP contribution in [0.15, 0.2) is 29.3 Å². The Kier molecular flexibility index (Phi) is 3.89. The number of methoxy groups -OCH3 is 1. The second kappa shape index (κ2) is 5.42. The van der Waals surface area contributed by atoms with Crippen LogP contribution in [0.5, 0.6) is 5.75 Å². The second-order valence-corrected chi connectivity index (χ2v) is 4.54. The summed E-state index contributed by atoms with van der Waals surface area (Å²) in [6.45, 7) is 3.42. The molecule has 1 aromatic rings. The maximum Gasteiger partial charge on any atom is 0.251 e. The number of hydrogen-bond donors (Lipinski definition) is 2. The van der Waals surface area contributed by atoms with Gasteiger partial charge in [-0.25, -0.2) is 0 Å². The van der Waals surface area contributed by atoms with E-state index in [0.29, 0.717) is 16.5 Å². The number of anilines is 1.